The Morgan fingerprint density at radius 1 is 1.00 bits per heavy atom. The van der Waals surface area contributed by atoms with Gasteiger partial charge in [0, 0.05) is 16.8 Å². The summed E-state index contributed by atoms with van der Waals surface area (Å²) in [6, 6.07) is 17.2. The number of carbonyl (C=O) groups is 1. The Labute approximate surface area is 198 Å². The third kappa shape index (κ3) is 5.58. The normalized spacial score (nSPS) is 11.1. The highest BCUT2D eigenvalue weighted by molar-refractivity contribution is 7.92. The summed E-state index contributed by atoms with van der Waals surface area (Å²) in [5.74, 6) is 0.0742. The fourth-order valence-corrected chi connectivity index (χ4v) is 4.39. The zero-order chi connectivity index (χ0) is 24.2. The van der Waals surface area contributed by atoms with E-state index in [-0.39, 0.29) is 17.8 Å². The minimum atomic E-state index is -3.77. The Balaban J connectivity index is 2.15. The monoisotopic (exact) mass is 488 g/mol. The van der Waals surface area contributed by atoms with Crippen molar-refractivity contribution in [2.75, 3.05) is 30.1 Å². The molecule has 1 N–H and O–H groups in total. The molecule has 0 heterocycles. The molecule has 174 valence electrons. The maximum Gasteiger partial charge on any atom is 0.257 e. The van der Waals surface area contributed by atoms with Gasteiger partial charge in [-0.15, -0.1) is 0 Å². The maximum absolute atomic E-state index is 13.4. The largest absolute Gasteiger partial charge is 0.493 e. The number of hydrogen-bond acceptors (Lipinski definition) is 5. The molecule has 0 aliphatic carbocycles. The molecule has 0 unspecified atom stereocenters. The van der Waals surface area contributed by atoms with Crippen LogP contribution in [0, 0.1) is 6.92 Å². The number of amides is 1. The molecule has 0 aliphatic heterocycles. The molecule has 0 spiro atoms. The van der Waals surface area contributed by atoms with Gasteiger partial charge in [-0.1, -0.05) is 48.0 Å². The molecule has 3 aromatic rings. The quantitative estimate of drug-likeness (QED) is 0.488. The molecule has 0 radical (unpaired) electrons. The fraction of sp³-hybridized carbons (Fsp3) is 0.208. The molecule has 9 heteroatoms. The van der Waals surface area contributed by atoms with Crippen LogP contribution in [-0.4, -0.2) is 34.8 Å². The first-order valence-electron chi connectivity index (χ1n) is 9.99. The van der Waals surface area contributed by atoms with Gasteiger partial charge in [-0.05, 0) is 36.2 Å². The molecular weight excluding hydrogens is 464 g/mol. The van der Waals surface area contributed by atoms with Crippen LogP contribution in [0.3, 0.4) is 0 Å². The minimum absolute atomic E-state index is 0.0334. The number of carbonyl (C=O) groups excluding carboxylic acids is 1. The number of hydrogen-bond donors (Lipinski definition) is 1. The summed E-state index contributed by atoms with van der Waals surface area (Å²) < 4.78 is 37.6. The van der Waals surface area contributed by atoms with E-state index in [4.69, 9.17) is 21.1 Å². The van der Waals surface area contributed by atoms with Crippen LogP contribution in [0.5, 0.6) is 11.5 Å². The van der Waals surface area contributed by atoms with Crippen LogP contribution < -0.4 is 19.1 Å². The van der Waals surface area contributed by atoms with E-state index in [0.29, 0.717) is 27.8 Å². The lowest BCUT2D eigenvalue weighted by Gasteiger charge is -2.26. The third-order valence-electron chi connectivity index (χ3n) is 5.10. The summed E-state index contributed by atoms with van der Waals surface area (Å²) in [7, 11) is -0.882. The number of ether oxygens (including phenoxy) is 2. The van der Waals surface area contributed by atoms with Crippen LogP contribution in [-0.2, 0) is 16.6 Å². The topological polar surface area (TPSA) is 84.9 Å². The second-order valence-electron chi connectivity index (χ2n) is 7.35. The molecule has 0 saturated heterocycles. The highest BCUT2D eigenvalue weighted by Gasteiger charge is 2.27. The molecule has 3 rings (SSSR count). The minimum Gasteiger partial charge on any atom is -0.493 e. The second kappa shape index (κ2) is 10.1. The van der Waals surface area contributed by atoms with Gasteiger partial charge in [0.1, 0.15) is 0 Å². The summed E-state index contributed by atoms with van der Waals surface area (Å²) in [6.45, 7) is 1.82. The van der Waals surface area contributed by atoms with Crippen molar-refractivity contribution in [2.45, 2.75) is 13.5 Å². The molecule has 7 nitrogen and oxygen atoms in total. The molecule has 0 fully saturated rings. The predicted molar refractivity (Wildman–Crippen MR) is 131 cm³/mol. The predicted octanol–water partition coefficient (Wildman–Crippen LogP) is 4.88. The van der Waals surface area contributed by atoms with E-state index in [1.54, 1.807) is 25.1 Å². The van der Waals surface area contributed by atoms with Crippen LogP contribution >= 0.6 is 11.6 Å². The van der Waals surface area contributed by atoms with Crippen molar-refractivity contribution in [3.8, 4) is 11.5 Å². The first-order valence-corrected chi connectivity index (χ1v) is 12.2. The van der Waals surface area contributed by atoms with Crippen molar-refractivity contribution < 1.29 is 22.7 Å². The number of nitrogens with zero attached hydrogens (tertiary/aromatic N) is 1. The average molecular weight is 489 g/mol. The number of halogens is 1. The van der Waals surface area contributed by atoms with Gasteiger partial charge in [-0.2, -0.15) is 0 Å². The highest BCUT2D eigenvalue weighted by Crippen LogP contribution is 2.37. The van der Waals surface area contributed by atoms with E-state index in [9.17, 15) is 13.2 Å². The summed E-state index contributed by atoms with van der Waals surface area (Å²) in [4.78, 5) is 13.4. The van der Waals surface area contributed by atoms with Crippen LogP contribution in [0.1, 0.15) is 21.5 Å². The van der Waals surface area contributed by atoms with E-state index >= 15 is 0 Å². The summed E-state index contributed by atoms with van der Waals surface area (Å²) in [5.41, 5.74) is 2.24. The van der Waals surface area contributed by atoms with E-state index < -0.39 is 15.9 Å². The van der Waals surface area contributed by atoms with Gasteiger partial charge in [0.2, 0.25) is 10.0 Å². The number of rotatable bonds is 8. The smallest absolute Gasteiger partial charge is 0.257 e. The number of methoxy groups -OCH3 is 2. The lowest BCUT2D eigenvalue weighted by atomic mass is 10.1. The Bertz CT molecular complexity index is 1260. The van der Waals surface area contributed by atoms with Crippen molar-refractivity contribution >= 4 is 38.9 Å². The zero-order valence-electron chi connectivity index (χ0n) is 18.8. The van der Waals surface area contributed by atoms with Crippen molar-refractivity contribution in [3.05, 3.63) is 82.4 Å². The van der Waals surface area contributed by atoms with Crippen LogP contribution in [0.2, 0.25) is 5.02 Å². The summed E-state index contributed by atoms with van der Waals surface area (Å²) in [6.07, 6.45) is 1.09. The Hall–Kier alpha value is -3.23. The lowest BCUT2D eigenvalue weighted by Crippen LogP contribution is -2.31. The molecule has 0 atom stereocenters. The van der Waals surface area contributed by atoms with Crippen LogP contribution in [0.25, 0.3) is 0 Å². The number of nitrogens with one attached hydrogen (secondary N) is 1. The van der Waals surface area contributed by atoms with Gasteiger partial charge in [-0.25, -0.2) is 8.42 Å². The van der Waals surface area contributed by atoms with Crippen LogP contribution in [0.15, 0.2) is 60.7 Å². The van der Waals surface area contributed by atoms with Crippen LogP contribution in [0.4, 0.5) is 11.4 Å². The zero-order valence-corrected chi connectivity index (χ0v) is 20.3. The Morgan fingerprint density at radius 2 is 1.64 bits per heavy atom. The van der Waals surface area contributed by atoms with Crippen molar-refractivity contribution in [2.24, 2.45) is 0 Å². The number of anilines is 2. The van der Waals surface area contributed by atoms with Gasteiger partial charge in [-0.3, -0.25) is 9.10 Å². The van der Waals surface area contributed by atoms with E-state index in [0.717, 1.165) is 11.8 Å². The highest BCUT2D eigenvalue weighted by atomic mass is 35.5. The summed E-state index contributed by atoms with van der Waals surface area (Å²) >= 11 is 6.19. The lowest BCUT2D eigenvalue weighted by molar-refractivity contribution is 0.102. The summed E-state index contributed by atoms with van der Waals surface area (Å²) in [5, 5.41) is 3.33. The van der Waals surface area contributed by atoms with E-state index in [1.165, 1.54) is 30.7 Å². The third-order valence-corrected chi connectivity index (χ3v) is 6.64. The first kappa shape index (κ1) is 24.4. The molecule has 0 saturated carbocycles. The van der Waals surface area contributed by atoms with Gasteiger partial charge >= 0.3 is 0 Å². The van der Waals surface area contributed by atoms with E-state index in [2.05, 4.69) is 5.32 Å². The molecule has 33 heavy (non-hydrogen) atoms. The molecule has 0 bridgehead atoms. The SMILES string of the molecule is COc1cc(C(=O)Nc2cccc(Cl)c2C)c(N(Cc2ccccc2)S(C)(=O)=O)cc1OC. The van der Waals surface area contributed by atoms with Crippen molar-refractivity contribution in [3.63, 3.8) is 0 Å². The molecule has 0 aliphatic rings. The fourth-order valence-electron chi connectivity index (χ4n) is 3.32. The standard InChI is InChI=1S/C24H25ClN2O5S/c1-16-19(25)11-8-12-20(16)26-24(28)18-13-22(31-2)23(32-3)14-21(18)27(33(4,29)30)15-17-9-6-5-7-10-17/h5-14H,15H2,1-4H3,(H,26,28). The van der Waals surface area contributed by atoms with E-state index in [1.807, 2.05) is 30.3 Å². The van der Waals surface area contributed by atoms with Gasteiger partial charge in [0.15, 0.2) is 11.5 Å². The Kier molecular flexibility index (Phi) is 7.50. The number of benzene rings is 3. The van der Waals surface area contributed by atoms with Gasteiger partial charge in [0.05, 0.1) is 38.3 Å². The molecule has 1 amide bonds. The van der Waals surface area contributed by atoms with Crippen molar-refractivity contribution in [1.82, 2.24) is 0 Å². The maximum atomic E-state index is 13.4. The molecular formula is C24H25ClN2O5S. The Morgan fingerprint density at radius 3 is 2.24 bits per heavy atom. The van der Waals surface area contributed by atoms with Gasteiger partial charge < -0.3 is 14.8 Å². The molecule has 0 aromatic heterocycles. The average Bonchev–Trinajstić information content (AvgIpc) is 2.79. The second-order valence-corrected chi connectivity index (χ2v) is 9.66. The number of sulfonamides is 1. The molecule has 3 aromatic carbocycles. The van der Waals surface area contributed by atoms with Crippen molar-refractivity contribution in [1.29, 1.82) is 0 Å². The first-order chi connectivity index (χ1) is 15.7. The van der Waals surface area contributed by atoms with Gasteiger partial charge in [0.25, 0.3) is 5.91 Å².